The Hall–Kier alpha value is -3.44. The van der Waals surface area contributed by atoms with Crippen LogP contribution in [-0.4, -0.2) is 39.7 Å². The van der Waals surface area contributed by atoms with Crippen LogP contribution in [0.2, 0.25) is 5.02 Å². The first-order valence-corrected chi connectivity index (χ1v) is 9.92. The van der Waals surface area contributed by atoms with E-state index in [0.29, 0.717) is 38.7 Å². The fourth-order valence-electron chi connectivity index (χ4n) is 3.57. The highest BCUT2D eigenvalue weighted by Crippen LogP contribution is 2.40. The van der Waals surface area contributed by atoms with E-state index in [1.54, 1.807) is 31.4 Å². The molecule has 4 N–H and O–H groups in total. The molecule has 3 atom stereocenters. The maximum atomic E-state index is 12.8. The number of H-pyrrole nitrogens is 1. The number of fused-ring (bicyclic) bond motifs is 1. The van der Waals surface area contributed by atoms with E-state index in [1.165, 1.54) is 6.20 Å². The highest BCUT2D eigenvalue weighted by molar-refractivity contribution is 6.31. The summed E-state index contributed by atoms with van der Waals surface area (Å²) < 4.78 is 0. The molecule has 0 radical (unpaired) electrons. The summed E-state index contributed by atoms with van der Waals surface area (Å²) >= 11 is 6.05. The van der Waals surface area contributed by atoms with E-state index in [1.807, 2.05) is 6.92 Å². The van der Waals surface area contributed by atoms with Crippen LogP contribution in [-0.2, 0) is 0 Å². The monoisotopic (exact) mass is 421 g/mol. The van der Waals surface area contributed by atoms with Crippen molar-refractivity contribution in [3.8, 4) is 6.07 Å². The van der Waals surface area contributed by atoms with Gasteiger partial charge in [0.15, 0.2) is 5.65 Å². The highest BCUT2D eigenvalue weighted by Gasteiger charge is 2.42. The number of aromatic amines is 1. The first kappa shape index (κ1) is 19.9. The molecule has 0 spiro atoms. The number of benzene rings is 1. The molecular weight excluding hydrogens is 402 g/mol. The Balaban J connectivity index is 1.62. The van der Waals surface area contributed by atoms with Crippen LogP contribution < -0.4 is 10.6 Å². The second-order valence-corrected chi connectivity index (χ2v) is 7.80. The zero-order valence-corrected chi connectivity index (χ0v) is 17.2. The summed E-state index contributed by atoms with van der Waals surface area (Å²) in [6.07, 6.45) is 3.87. The Kier molecular flexibility index (Phi) is 5.14. The van der Waals surface area contributed by atoms with E-state index in [0.717, 1.165) is 6.42 Å². The average molecular weight is 422 g/mol. The zero-order chi connectivity index (χ0) is 21.4. The van der Waals surface area contributed by atoms with Gasteiger partial charge in [-0.05, 0) is 37.5 Å². The van der Waals surface area contributed by atoms with Crippen LogP contribution in [0.5, 0.6) is 0 Å². The van der Waals surface area contributed by atoms with Crippen LogP contribution in [0.1, 0.15) is 35.0 Å². The summed E-state index contributed by atoms with van der Waals surface area (Å²) in [5, 5.41) is 24.1. The molecule has 0 aliphatic heterocycles. The molecule has 0 bridgehead atoms. The van der Waals surface area contributed by atoms with Gasteiger partial charge in [-0.1, -0.05) is 11.6 Å². The van der Waals surface area contributed by atoms with Gasteiger partial charge in [0.2, 0.25) is 0 Å². The van der Waals surface area contributed by atoms with Gasteiger partial charge in [-0.3, -0.25) is 10.2 Å². The van der Waals surface area contributed by atoms with Crippen molar-refractivity contribution in [2.45, 2.75) is 19.4 Å². The number of hydrogen-bond donors (Lipinski definition) is 4. The Morgan fingerprint density at radius 1 is 1.43 bits per heavy atom. The van der Waals surface area contributed by atoms with Gasteiger partial charge in [-0.25, -0.2) is 9.97 Å². The highest BCUT2D eigenvalue weighted by atomic mass is 35.5. The number of rotatable bonds is 6. The van der Waals surface area contributed by atoms with Gasteiger partial charge in [0.25, 0.3) is 5.91 Å². The smallest absolute Gasteiger partial charge is 0.255 e. The number of anilines is 1. The van der Waals surface area contributed by atoms with Crippen molar-refractivity contribution >= 4 is 40.1 Å². The molecule has 1 fully saturated rings. The number of carbonyl (C=O) groups excluding carboxylic acids is 1. The summed E-state index contributed by atoms with van der Waals surface area (Å²) in [7, 11) is 1.75. The van der Waals surface area contributed by atoms with E-state index in [-0.39, 0.29) is 29.5 Å². The zero-order valence-electron chi connectivity index (χ0n) is 16.5. The van der Waals surface area contributed by atoms with Crippen molar-refractivity contribution in [1.82, 2.24) is 20.3 Å². The van der Waals surface area contributed by atoms with Gasteiger partial charge in [0, 0.05) is 35.6 Å². The van der Waals surface area contributed by atoms with E-state index >= 15 is 0 Å². The lowest BCUT2D eigenvalue weighted by Gasteiger charge is -2.12. The molecule has 0 unspecified atom stereocenters. The minimum absolute atomic E-state index is 0.0101. The van der Waals surface area contributed by atoms with Crippen molar-refractivity contribution in [2.24, 2.45) is 11.8 Å². The normalized spacial score (nSPS) is 18.5. The number of halogens is 1. The van der Waals surface area contributed by atoms with Crippen LogP contribution in [0.15, 0.2) is 30.6 Å². The van der Waals surface area contributed by atoms with Crippen molar-refractivity contribution in [3.05, 3.63) is 52.4 Å². The van der Waals surface area contributed by atoms with Gasteiger partial charge in [-0.15, -0.1) is 0 Å². The van der Waals surface area contributed by atoms with Crippen LogP contribution in [0.4, 0.5) is 5.69 Å². The van der Waals surface area contributed by atoms with Crippen LogP contribution >= 0.6 is 11.6 Å². The second-order valence-electron chi connectivity index (χ2n) is 7.37. The number of hydrogen-bond acceptors (Lipinski definition) is 6. The third-order valence-electron chi connectivity index (χ3n) is 5.41. The molecule has 1 aliphatic carbocycles. The Bertz CT molecular complexity index is 1200. The first-order chi connectivity index (χ1) is 14.4. The number of aromatic nitrogens is 3. The maximum Gasteiger partial charge on any atom is 0.255 e. The van der Waals surface area contributed by atoms with Crippen LogP contribution in [0.25, 0.3) is 11.2 Å². The number of amides is 1. The number of nitrogens with zero attached hydrogens (tertiary/aromatic N) is 3. The molecule has 2 aromatic heterocycles. The third kappa shape index (κ3) is 3.60. The minimum atomic E-state index is -0.280. The predicted octanol–water partition coefficient (Wildman–Crippen LogP) is 3.35. The lowest BCUT2D eigenvalue weighted by molar-refractivity contribution is 0.0937. The average Bonchev–Trinajstić information content (AvgIpc) is 3.43. The van der Waals surface area contributed by atoms with Crippen molar-refractivity contribution in [2.75, 3.05) is 12.4 Å². The van der Waals surface area contributed by atoms with E-state index < -0.39 is 0 Å². The van der Waals surface area contributed by atoms with E-state index in [2.05, 4.69) is 31.7 Å². The van der Waals surface area contributed by atoms with Gasteiger partial charge in [0.05, 0.1) is 29.5 Å². The Morgan fingerprint density at radius 2 is 2.23 bits per heavy atom. The molecule has 4 rings (SSSR count). The first-order valence-electron chi connectivity index (χ1n) is 9.54. The lowest BCUT2D eigenvalue weighted by atomic mass is 10.1. The molecule has 0 saturated heterocycles. The molecule has 1 amide bonds. The molecule has 30 heavy (non-hydrogen) atoms. The second kappa shape index (κ2) is 7.76. The van der Waals surface area contributed by atoms with E-state index in [4.69, 9.17) is 22.3 Å². The van der Waals surface area contributed by atoms with Gasteiger partial charge < -0.3 is 15.6 Å². The van der Waals surface area contributed by atoms with Crippen LogP contribution in [0.3, 0.4) is 0 Å². The standard InChI is InChI=1S/C21H20ClN7O/c1-10(14-5-11(14)7-23)28-21(30)15-8-26-20-19(15)29-17(9-27-20)18(24)13-4-3-12(22)6-16(13)25-2/h3-4,6,8-11,14,24-25H,5H2,1-2H3,(H,26,27)(H,28,30)/t10-,11-,14+/m1/s1. The maximum absolute atomic E-state index is 12.8. The van der Waals surface area contributed by atoms with Gasteiger partial charge in [-0.2, -0.15) is 5.26 Å². The summed E-state index contributed by atoms with van der Waals surface area (Å²) in [4.78, 5) is 24.6. The Labute approximate surface area is 178 Å². The Morgan fingerprint density at radius 3 is 2.93 bits per heavy atom. The molecule has 1 saturated carbocycles. The minimum Gasteiger partial charge on any atom is -0.388 e. The fraction of sp³-hybridized carbons (Fsp3) is 0.286. The quantitative estimate of drug-likeness (QED) is 0.453. The number of nitriles is 1. The summed E-state index contributed by atoms with van der Waals surface area (Å²) in [6, 6.07) is 7.33. The molecule has 8 nitrogen and oxygen atoms in total. The largest absolute Gasteiger partial charge is 0.388 e. The topological polar surface area (TPSA) is 130 Å². The SMILES string of the molecule is CNc1cc(Cl)ccc1C(=N)c1cnc2[nH]cc(C(=O)N[C@H](C)[C@@H]3C[C@@H]3C#N)c2n1. The molecule has 3 aromatic rings. The predicted molar refractivity (Wildman–Crippen MR) is 115 cm³/mol. The van der Waals surface area contributed by atoms with E-state index in [9.17, 15) is 4.79 Å². The molecule has 1 aromatic carbocycles. The van der Waals surface area contributed by atoms with Gasteiger partial charge in [0.1, 0.15) is 11.2 Å². The lowest BCUT2D eigenvalue weighted by Crippen LogP contribution is -2.34. The number of carbonyl (C=O) groups is 1. The van der Waals surface area contributed by atoms with Crippen LogP contribution in [0, 0.1) is 28.6 Å². The van der Waals surface area contributed by atoms with Crippen molar-refractivity contribution in [1.29, 1.82) is 10.7 Å². The number of nitrogens with one attached hydrogen (secondary N) is 4. The molecular formula is C21H20ClN7O. The molecule has 1 aliphatic rings. The van der Waals surface area contributed by atoms with Crippen molar-refractivity contribution < 1.29 is 4.79 Å². The summed E-state index contributed by atoms with van der Waals surface area (Å²) in [5.41, 5.74) is 3.06. The van der Waals surface area contributed by atoms with Gasteiger partial charge >= 0.3 is 0 Å². The third-order valence-corrected chi connectivity index (χ3v) is 5.64. The summed E-state index contributed by atoms with van der Waals surface area (Å²) in [5.74, 6) is -0.0857. The molecule has 9 heteroatoms. The summed E-state index contributed by atoms with van der Waals surface area (Å²) in [6.45, 7) is 1.90. The van der Waals surface area contributed by atoms with Crippen molar-refractivity contribution in [3.63, 3.8) is 0 Å². The fourth-order valence-corrected chi connectivity index (χ4v) is 3.74. The molecule has 152 valence electrons. The molecule has 2 heterocycles.